The fraction of sp³-hybridized carbons (Fsp3) is 0.889. The first-order chi connectivity index (χ1) is 6.22. The number of carbonyl (C=O) groups is 1. The van der Waals surface area contributed by atoms with E-state index in [4.69, 9.17) is 5.73 Å². The van der Waals surface area contributed by atoms with E-state index in [9.17, 15) is 4.79 Å². The Balaban J connectivity index is 0. The largest absolute Gasteiger partial charge is 0.354 e. The second-order valence-corrected chi connectivity index (χ2v) is 4.39. The molecule has 0 aliphatic rings. The van der Waals surface area contributed by atoms with Crippen LogP contribution in [-0.4, -0.2) is 30.0 Å². The van der Waals surface area contributed by atoms with Gasteiger partial charge in [-0.3, -0.25) is 4.79 Å². The standard InChI is InChI=1S/C9H20N2OS.ClH/c1-3-4-7-13-8(2)9(12)11-6-5-10;/h8H,3-7,10H2,1-2H3,(H,11,12);1H. The SMILES string of the molecule is CCCCSC(C)C(=O)NCCN.Cl. The molecule has 0 rings (SSSR count). The average molecular weight is 241 g/mol. The van der Waals surface area contributed by atoms with Gasteiger partial charge in [-0.25, -0.2) is 0 Å². The third kappa shape index (κ3) is 8.66. The van der Waals surface area contributed by atoms with Gasteiger partial charge in [0.25, 0.3) is 0 Å². The second kappa shape index (κ2) is 11.1. The molecule has 0 aromatic heterocycles. The summed E-state index contributed by atoms with van der Waals surface area (Å²) >= 11 is 1.71. The highest BCUT2D eigenvalue weighted by molar-refractivity contribution is 8.00. The lowest BCUT2D eigenvalue weighted by Gasteiger charge is -2.10. The number of nitrogens with two attached hydrogens (primary N) is 1. The molecule has 3 N–H and O–H groups in total. The van der Waals surface area contributed by atoms with Crippen LogP contribution in [0.25, 0.3) is 0 Å². The molecule has 0 bridgehead atoms. The summed E-state index contributed by atoms with van der Waals surface area (Å²) in [4.78, 5) is 11.3. The van der Waals surface area contributed by atoms with Crippen LogP contribution in [0, 0.1) is 0 Å². The lowest BCUT2D eigenvalue weighted by Crippen LogP contribution is -2.34. The fourth-order valence-corrected chi connectivity index (χ4v) is 1.86. The van der Waals surface area contributed by atoms with Crippen LogP contribution in [0.4, 0.5) is 0 Å². The smallest absolute Gasteiger partial charge is 0.232 e. The topological polar surface area (TPSA) is 55.1 Å². The third-order valence-corrected chi connectivity index (χ3v) is 2.92. The van der Waals surface area contributed by atoms with Crippen LogP contribution >= 0.6 is 24.2 Å². The highest BCUT2D eigenvalue weighted by Gasteiger charge is 2.11. The molecule has 1 amide bonds. The molecule has 0 saturated carbocycles. The second-order valence-electron chi connectivity index (χ2n) is 2.95. The third-order valence-electron chi connectivity index (χ3n) is 1.68. The number of rotatable bonds is 7. The summed E-state index contributed by atoms with van der Waals surface area (Å²) in [5, 5.41) is 2.83. The van der Waals surface area contributed by atoms with E-state index in [1.54, 1.807) is 11.8 Å². The number of carbonyl (C=O) groups excluding carboxylic acids is 1. The van der Waals surface area contributed by atoms with Crippen molar-refractivity contribution in [3.05, 3.63) is 0 Å². The zero-order valence-electron chi connectivity index (χ0n) is 8.91. The van der Waals surface area contributed by atoms with Crippen LogP contribution in [0.5, 0.6) is 0 Å². The van der Waals surface area contributed by atoms with Crippen LogP contribution in [0.3, 0.4) is 0 Å². The van der Waals surface area contributed by atoms with Crippen molar-refractivity contribution in [1.82, 2.24) is 5.32 Å². The van der Waals surface area contributed by atoms with Crippen molar-refractivity contribution in [3.63, 3.8) is 0 Å². The summed E-state index contributed by atoms with van der Waals surface area (Å²) in [7, 11) is 0. The Morgan fingerprint density at radius 3 is 2.71 bits per heavy atom. The van der Waals surface area contributed by atoms with Crippen molar-refractivity contribution >= 4 is 30.1 Å². The predicted octanol–water partition coefficient (Wildman–Crippen LogP) is 1.40. The number of hydrogen-bond acceptors (Lipinski definition) is 3. The molecule has 0 aromatic carbocycles. The van der Waals surface area contributed by atoms with Gasteiger partial charge >= 0.3 is 0 Å². The van der Waals surface area contributed by atoms with Crippen molar-refractivity contribution in [2.45, 2.75) is 31.9 Å². The van der Waals surface area contributed by atoms with Gasteiger partial charge in [-0.15, -0.1) is 24.2 Å². The predicted molar refractivity (Wildman–Crippen MR) is 66.1 cm³/mol. The number of hydrogen-bond donors (Lipinski definition) is 2. The summed E-state index contributed by atoms with van der Waals surface area (Å²) in [6.07, 6.45) is 2.36. The van der Waals surface area contributed by atoms with Crippen molar-refractivity contribution < 1.29 is 4.79 Å². The maximum Gasteiger partial charge on any atom is 0.232 e. The lowest BCUT2D eigenvalue weighted by atomic mass is 10.4. The Kier molecular flexibility index (Phi) is 13.1. The Morgan fingerprint density at radius 1 is 1.57 bits per heavy atom. The summed E-state index contributed by atoms with van der Waals surface area (Å²) in [5.41, 5.74) is 5.28. The van der Waals surface area contributed by atoms with Gasteiger partial charge in [-0.1, -0.05) is 13.3 Å². The molecular formula is C9H21ClN2OS. The molecule has 0 aliphatic carbocycles. The maximum absolute atomic E-state index is 11.3. The van der Waals surface area contributed by atoms with Gasteiger partial charge in [0.1, 0.15) is 0 Å². The average Bonchev–Trinajstić information content (AvgIpc) is 2.14. The highest BCUT2D eigenvalue weighted by Crippen LogP contribution is 2.12. The first-order valence-corrected chi connectivity index (χ1v) is 5.86. The molecule has 14 heavy (non-hydrogen) atoms. The number of thioether (sulfide) groups is 1. The Labute approximate surface area is 97.0 Å². The van der Waals surface area contributed by atoms with Gasteiger partial charge in [-0.05, 0) is 19.1 Å². The molecule has 1 atom stereocenters. The molecule has 1 unspecified atom stereocenters. The quantitative estimate of drug-likeness (QED) is 0.662. The van der Waals surface area contributed by atoms with Crippen LogP contribution in [-0.2, 0) is 4.79 Å². The van der Waals surface area contributed by atoms with Crippen LogP contribution in [0.1, 0.15) is 26.7 Å². The normalized spacial score (nSPS) is 11.6. The van der Waals surface area contributed by atoms with Crippen LogP contribution < -0.4 is 11.1 Å². The molecular weight excluding hydrogens is 220 g/mol. The van der Waals surface area contributed by atoms with Crippen molar-refractivity contribution in [1.29, 1.82) is 0 Å². The molecule has 0 aromatic rings. The van der Waals surface area contributed by atoms with Crippen LogP contribution in [0.15, 0.2) is 0 Å². The van der Waals surface area contributed by atoms with Gasteiger partial charge in [0.05, 0.1) is 5.25 Å². The van der Waals surface area contributed by atoms with E-state index >= 15 is 0 Å². The molecule has 0 radical (unpaired) electrons. The minimum Gasteiger partial charge on any atom is -0.354 e. The van der Waals surface area contributed by atoms with Gasteiger partial charge in [0, 0.05) is 13.1 Å². The summed E-state index contributed by atoms with van der Waals surface area (Å²) in [5.74, 6) is 1.17. The Morgan fingerprint density at radius 2 is 2.21 bits per heavy atom. The molecule has 5 heteroatoms. The van der Waals surface area contributed by atoms with E-state index in [1.807, 2.05) is 6.92 Å². The Hall–Kier alpha value is 0.0700. The summed E-state index contributed by atoms with van der Waals surface area (Å²) < 4.78 is 0. The molecule has 0 heterocycles. The molecule has 0 saturated heterocycles. The number of halogens is 1. The highest BCUT2D eigenvalue weighted by atomic mass is 35.5. The molecule has 0 aliphatic heterocycles. The minimum atomic E-state index is 0. The van der Waals surface area contributed by atoms with E-state index in [2.05, 4.69) is 12.2 Å². The first-order valence-electron chi connectivity index (χ1n) is 4.81. The van der Waals surface area contributed by atoms with Gasteiger partial charge in [-0.2, -0.15) is 0 Å². The number of nitrogens with one attached hydrogen (secondary N) is 1. The molecule has 0 spiro atoms. The minimum absolute atomic E-state index is 0. The van der Waals surface area contributed by atoms with Crippen molar-refractivity contribution in [3.8, 4) is 0 Å². The van der Waals surface area contributed by atoms with E-state index in [-0.39, 0.29) is 23.6 Å². The molecule has 86 valence electrons. The first kappa shape index (κ1) is 16.5. The zero-order valence-corrected chi connectivity index (χ0v) is 10.5. The monoisotopic (exact) mass is 240 g/mol. The van der Waals surface area contributed by atoms with Crippen molar-refractivity contribution in [2.24, 2.45) is 5.73 Å². The van der Waals surface area contributed by atoms with E-state index in [0.29, 0.717) is 13.1 Å². The lowest BCUT2D eigenvalue weighted by molar-refractivity contribution is -0.120. The van der Waals surface area contributed by atoms with Gasteiger partial charge in [0.15, 0.2) is 0 Å². The Bertz CT molecular complexity index is 147. The van der Waals surface area contributed by atoms with E-state index in [1.165, 1.54) is 12.8 Å². The number of amides is 1. The summed E-state index contributed by atoms with van der Waals surface area (Å²) in [6, 6.07) is 0. The van der Waals surface area contributed by atoms with E-state index < -0.39 is 0 Å². The van der Waals surface area contributed by atoms with E-state index in [0.717, 1.165) is 5.75 Å². The van der Waals surface area contributed by atoms with Gasteiger partial charge in [0.2, 0.25) is 5.91 Å². The van der Waals surface area contributed by atoms with Crippen molar-refractivity contribution in [2.75, 3.05) is 18.8 Å². The maximum atomic E-state index is 11.3. The number of unbranched alkanes of at least 4 members (excludes halogenated alkanes) is 1. The molecule has 3 nitrogen and oxygen atoms in total. The van der Waals surface area contributed by atoms with Crippen LogP contribution in [0.2, 0.25) is 0 Å². The summed E-state index contributed by atoms with van der Waals surface area (Å²) in [6.45, 7) is 5.18. The fourth-order valence-electron chi connectivity index (χ4n) is 0.819. The molecule has 0 fully saturated rings. The zero-order chi connectivity index (χ0) is 10.1. The van der Waals surface area contributed by atoms with Gasteiger partial charge < -0.3 is 11.1 Å².